The highest BCUT2D eigenvalue weighted by molar-refractivity contribution is 6.31. The molecule has 8 nitrogen and oxygen atoms in total. The molecule has 0 unspecified atom stereocenters. The van der Waals surface area contributed by atoms with Crippen LogP contribution >= 0.6 is 11.6 Å². The van der Waals surface area contributed by atoms with Gasteiger partial charge in [-0.05, 0) is 50.1 Å². The molecular formula is C28H32ClN5O3. The van der Waals surface area contributed by atoms with Crippen molar-refractivity contribution in [2.45, 2.75) is 37.6 Å². The lowest BCUT2D eigenvalue weighted by atomic mass is 9.93. The van der Waals surface area contributed by atoms with Crippen molar-refractivity contribution in [2.24, 2.45) is 0 Å². The number of hydrogen-bond donors (Lipinski definition) is 3. The number of carbonyl (C=O) groups excluding carboxylic acids is 1. The predicted molar refractivity (Wildman–Crippen MR) is 144 cm³/mol. The zero-order valence-electron chi connectivity index (χ0n) is 21.2. The van der Waals surface area contributed by atoms with Gasteiger partial charge < -0.3 is 25.1 Å². The second kappa shape index (κ2) is 9.67. The number of nitrogens with one attached hydrogen (secondary N) is 3. The number of likely N-dealkylation sites (N-methyl/N-ethyl adjacent to an activating group) is 1. The molecule has 0 radical (unpaired) electrons. The van der Waals surface area contributed by atoms with E-state index in [0.29, 0.717) is 36.1 Å². The van der Waals surface area contributed by atoms with Crippen LogP contribution in [-0.2, 0) is 16.6 Å². The van der Waals surface area contributed by atoms with Crippen LogP contribution in [0.4, 0.5) is 11.4 Å². The van der Waals surface area contributed by atoms with Crippen LogP contribution in [0.1, 0.15) is 41.4 Å². The Morgan fingerprint density at radius 2 is 2.19 bits per heavy atom. The van der Waals surface area contributed by atoms with Crippen LogP contribution in [0.15, 0.2) is 36.7 Å². The topological polar surface area (TPSA) is 91.5 Å². The molecule has 1 atom stereocenters. The minimum atomic E-state index is -0.0740. The second-order valence-corrected chi connectivity index (χ2v) is 10.6. The van der Waals surface area contributed by atoms with E-state index in [1.807, 2.05) is 24.3 Å². The molecular weight excluding hydrogens is 490 g/mol. The van der Waals surface area contributed by atoms with Gasteiger partial charge in [0.1, 0.15) is 12.4 Å². The third-order valence-electron chi connectivity index (χ3n) is 7.94. The minimum absolute atomic E-state index is 0.0317. The van der Waals surface area contributed by atoms with Crippen molar-refractivity contribution in [1.82, 2.24) is 20.2 Å². The van der Waals surface area contributed by atoms with E-state index < -0.39 is 0 Å². The summed E-state index contributed by atoms with van der Waals surface area (Å²) in [6.45, 7) is 5.46. The molecule has 1 spiro atoms. The van der Waals surface area contributed by atoms with Gasteiger partial charge in [0, 0.05) is 46.7 Å². The van der Waals surface area contributed by atoms with Crippen molar-refractivity contribution >= 4 is 28.9 Å². The zero-order valence-corrected chi connectivity index (χ0v) is 22.0. The average molecular weight is 522 g/mol. The molecule has 0 bridgehead atoms. The van der Waals surface area contributed by atoms with Gasteiger partial charge in [-0.25, -0.2) is 0 Å². The van der Waals surface area contributed by atoms with Gasteiger partial charge in [-0.15, -0.1) is 0 Å². The van der Waals surface area contributed by atoms with Crippen LogP contribution in [0.2, 0.25) is 5.02 Å². The summed E-state index contributed by atoms with van der Waals surface area (Å²) < 4.78 is 12.0. The summed E-state index contributed by atoms with van der Waals surface area (Å²) in [6, 6.07) is 7.93. The van der Waals surface area contributed by atoms with Crippen molar-refractivity contribution < 1.29 is 14.3 Å². The fourth-order valence-corrected chi connectivity index (χ4v) is 5.73. The highest BCUT2D eigenvalue weighted by Gasteiger charge is 2.51. The summed E-state index contributed by atoms with van der Waals surface area (Å²) in [5.41, 5.74) is 5.95. The Kier molecular flexibility index (Phi) is 6.34. The number of benzene rings is 1. The van der Waals surface area contributed by atoms with Crippen LogP contribution in [0.3, 0.4) is 0 Å². The molecule has 3 aromatic rings. The number of nitrogens with zero attached hydrogens (tertiary/aromatic N) is 2. The molecule has 1 amide bonds. The number of anilines is 2. The number of aromatic amines is 1. The number of hydrogen-bond acceptors (Lipinski definition) is 6. The number of fused-ring (bicyclic) bond motifs is 2. The fourth-order valence-electron chi connectivity index (χ4n) is 5.43. The van der Waals surface area contributed by atoms with Gasteiger partial charge in [-0.2, -0.15) is 0 Å². The van der Waals surface area contributed by atoms with Crippen molar-refractivity contribution in [2.75, 3.05) is 45.3 Å². The maximum atomic E-state index is 13.3. The normalized spacial score (nSPS) is 20.4. The van der Waals surface area contributed by atoms with Gasteiger partial charge in [0.05, 0.1) is 42.4 Å². The number of pyridine rings is 1. The standard InChI is InChI=1S/C28H32ClN5O3/c1-3-18-20(29)5-4-6-21(18)32-25-23-26(28(8-9-28)16-31-27(23)35)33-24(25)19-7-10-30-13-22(19)37-15-17-14-36-12-11-34(17)2/h4-7,10,13,17,32-33H,3,8-9,11-12,14-16H2,1-2H3,(H,31,35)/t17-/m0/s1. The summed E-state index contributed by atoms with van der Waals surface area (Å²) >= 11 is 6.54. The van der Waals surface area contributed by atoms with Gasteiger partial charge in [-0.1, -0.05) is 24.6 Å². The Bertz CT molecular complexity index is 1340. The maximum Gasteiger partial charge on any atom is 0.255 e. The van der Waals surface area contributed by atoms with E-state index in [2.05, 4.69) is 39.5 Å². The average Bonchev–Trinajstić information content (AvgIpc) is 3.59. The molecule has 3 N–H and O–H groups in total. The van der Waals surface area contributed by atoms with Gasteiger partial charge >= 0.3 is 0 Å². The Balaban J connectivity index is 1.44. The van der Waals surface area contributed by atoms with Crippen LogP contribution in [-0.4, -0.2) is 66.8 Å². The highest BCUT2D eigenvalue weighted by atomic mass is 35.5. The first-order valence-corrected chi connectivity index (χ1v) is 13.3. The van der Waals surface area contributed by atoms with E-state index in [1.165, 1.54) is 0 Å². The number of morpholine rings is 1. The third kappa shape index (κ3) is 4.37. The molecule has 37 heavy (non-hydrogen) atoms. The van der Waals surface area contributed by atoms with E-state index in [0.717, 1.165) is 66.3 Å². The van der Waals surface area contributed by atoms with Crippen LogP contribution in [0, 0.1) is 0 Å². The molecule has 1 saturated carbocycles. The van der Waals surface area contributed by atoms with Gasteiger partial charge in [0.15, 0.2) is 0 Å². The summed E-state index contributed by atoms with van der Waals surface area (Å²) in [7, 11) is 2.09. The monoisotopic (exact) mass is 521 g/mol. The summed E-state index contributed by atoms with van der Waals surface area (Å²) in [6.07, 6.45) is 6.36. The molecule has 194 valence electrons. The molecule has 6 rings (SSSR count). The first kappa shape index (κ1) is 24.3. The van der Waals surface area contributed by atoms with E-state index in [-0.39, 0.29) is 17.4 Å². The van der Waals surface area contributed by atoms with Gasteiger partial charge in [0.25, 0.3) is 5.91 Å². The molecule has 2 fully saturated rings. The molecule has 2 aromatic heterocycles. The van der Waals surface area contributed by atoms with Crippen molar-refractivity contribution in [3.8, 4) is 17.0 Å². The van der Waals surface area contributed by atoms with E-state index in [9.17, 15) is 4.79 Å². The highest BCUT2D eigenvalue weighted by Crippen LogP contribution is 2.54. The van der Waals surface area contributed by atoms with Crippen LogP contribution in [0.25, 0.3) is 11.3 Å². The number of carbonyl (C=O) groups is 1. The number of halogens is 1. The SMILES string of the molecule is CCc1c(Cl)cccc1Nc1c(-c2ccncc2OC[C@@H]2COCCN2C)[nH]c2c1C(=O)NCC21CC1. The van der Waals surface area contributed by atoms with E-state index in [1.54, 1.807) is 12.4 Å². The van der Waals surface area contributed by atoms with Crippen molar-refractivity contribution in [1.29, 1.82) is 0 Å². The lowest BCUT2D eigenvalue weighted by Gasteiger charge is -2.32. The minimum Gasteiger partial charge on any atom is -0.490 e. The lowest BCUT2D eigenvalue weighted by Crippen LogP contribution is -2.46. The number of rotatable bonds is 7. The van der Waals surface area contributed by atoms with Crippen molar-refractivity contribution in [3.05, 3.63) is 58.5 Å². The van der Waals surface area contributed by atoms with E-state index in [4.69, 9.17) is 21.1 Å². The van der Waals surface area contributed by atoms with Crippen LogP contribution < -0.4 is 15.4 Å². The van der Waals surface area contributed by atoms with Crippen LogP contribution in [0.5, 0.6) is 5.75 Å². The van der Waals surface area contributed by atoms with Crippen molar-refractivity contribution in [3.63, 3.8) is 0 Å². The smallest absolute Gasteiger partial charge is 0.255 e. The number of H-pyrrole nitrogens is 1. The largest absolute Gasteiger partial charge is 0.490 e. The Morgan fingerprint density at radius 1 is 1.32 bits per heavy atom. The molecule has 2 aliphatic heterocycles. The Morgan fingerprint density at radius 3 is 2.97 bits per heavy atom. The summed E-state index contributed by atoms with van der Waals surface area (Å²) in [5, 5.41) is 7.42. The molecule has 1 aromatic carbocycles. The Labute approximate surface area is 221 Å². The lowest BCUT2D eigenvalue weighted by molar-refractivity contribution is -0.0107. The summed E-state index contributed by atoms with van der Waals surface area (Å²) in [4.78, 5) is 23.5. The Hall–Kier alpha value is -3.07. The summed E-state index contributed by atoms with van der Waals surface area (Å²) in [5.74, 6) is 0.588. The number of aromatic nitrogens is 2. The van der Waals surface area contributed by atoms with Gasteiger partial charge in [0.2, 0.25) is 0 Å². The molecule has 1 aliphatic carbocycles. The third-order valence-corrected chi connectivity index (χ3v) is 8.29. The molecule has 3 aliphatic rings. The zero-order chi connectivity index (χ0) is 25.6. The molecule has 4 heterocycles. The second-order valence-electron chi connectivity index (χ2n) is 10.2. The quantitative estimate of drug-likeness (QED) is 0.423. The van der Waals surface area contributed by atoms with Gasteiger partial charge in [-0.3, -0.25) is 14.7 Å². The first-order valence-electron chi connectivity index (χ1n) is 12.9. The predicted octanol–water partition coefficient (Wildman–Crippen LogP) is 4.52. The van der Waals surface area contributed by atoms with E-state index >= 15 is 0 Å². The molecule has 1 saturated heterocycles. The number of amides is 1. The number of ether oxygens (including phenoxy) is 2. The molecule has 9 heteroatoms. The fraction of sp³-hybridized carbons (Fsp3) is 0.429. The first-order chi connectivity index (χ1) is 18.0. The maximum absolute atomic E-state index is 13.3.